The number of likely N-dealkylation sites (tertiary alicyclic amines) is 1. The lowest BCUT2D eigenvalue weighted by Crippen LogP contribution is -2.46. The van der Waals surface area contributed by atoms with Crippen molar-refractivity contribution in [2.45, 2.75) is 51.7 Å². The molecule has 1 saturated heterocycles. The third-order valence-electron chi connectivity index (χ3n) is 4.75. The Kier molecular flexibility index (Phi) is 8.90. The Hall–Kier alpha value is -3.03. The molecule has 0 atom stereocenters. The van der Waals surface area contributed by atoms with Crippen LogP contribution in [-0.4, -0.2) is 61.2 Å². The van der Waals surface area contributed by atoms with Crippen molar-refractivity contribution in [2.75, 3.05) is 26.7 Å². The fourth-order valence-corrected chi connectivity index (χ4v) is 3.24. The lowest BCUT2D eigenvalue weighted by atomic mass is 10.0. The zero-order chi connectivity index (χ0) is 22.9. The summed E-state index contributed by atoms with van der Waals surface area (Å²) in [5, 5.41) is 5.59. The van der Waals surface area contributed by atoms with Crippen molar-refractivity contribution in [3.8, 4) is 5.75 Å². The molecule has 1 aromatic carbocycles. The molecule has 1 aliphatic heterocycles. The Morgan fingerprint density at radius 2 is 1.84 bits per heavy atom. The van der Waals surface area contributed by atoms with Gasteiger partial charge in [0.25, 0.3) is 0 Å². The number of rotatable bonds is 7. The van der Waals surface area contributed by atoms with Crippen LogP contribution in [0.5, 0.6) is 5.75 Å². The van der Waals surface area contributed by atoms with Gasteiger partial charge in [0.15, 0.2) is 0 Å². The zero-order valence-electron chi connectivity index (χ0n) is 18.8. The average Bonchev–Trinajstić information content (AvgIpc) is 2.71. The van der Waals surface area contributed by atoms with Crippen molar-refractivity contribution < 1.29 is 23.9 Å². The largest absolute Gasteiger partial charge is 0.496 e. The van der Waals surface area contributed by atoms with E-state index in [0.29, 0.717) is 31.7 Å². The van der Waals surface area contributed by atoms with Gasteiger partial charge in [0.05, 0.1) is 7.11 Å². The third kappa shape index (κ3) is 8.70. The highest BCUT2D eigenvalue weighted by Crippen LogP contribution is 2.18. The molecule has 0 aromatic heterocycles. The van der Waals surface area contributed by atoms with Crippen LogP contribution in [0.4, 0.5) is 4.79 Å². The maximum Gasteiger partial charge on any atom is 0.407 e. The van der Waals surface area contributed by atoms with Crippen molar-refractivity contribution in [1.29, 1.82) is 0 Å². The van der Waals surface area contributed by atoms with Crippen LogP contribution in [0.15, 0.2) is 30.3 Å². The van der Waals surface area contributed by atoms with Gasteiger partial charge in [-0.1, -0.05) is 18.2 Å². The van der Waals surface area contributed by atoms with Gasteiger partial charge >= 0.3 is 6.09 Å². The van der Waals surface area contributed by atoms with E-state index in [1.54, 1.807) is 38.9 Å². The molecule has 0 radical (unpaired) electrons. The Labute approximate surface area is 184 Å². The number of hydrogen-bond acceptors (Lipinski definition) is 5. The van der Waals surface area contributed by atoms with E-state index in [4.69, 9.17) is 9.47 Å². The SMILES string of the molecule is COc1ccccc1/C=C/C(=O)NC1CCN(C(=O)CCNC(=O)OC(C)(C)C)CC1. The summed E-state index contributed by atoms with van der Waals surface area (Å²) in [4.78, 5) is 38.0. The highest BCUT2D eigenvalue weighted by atomic mass is 16.6. The van der Waals surface area contributed by atoms with Crippen LogP contribution in [0.3, 0.4) is 0 Å². The lowest BCUT2D eigenvalue weighted by Gasteiger charge is -2.32. The second-order valence-electron chi connectivity index (χ2n) is 8.42. The normalized spacial score (nSPS) is 14.9. The van der Waals surface area contributed by atoms with E-state index in [0.717, 1.165) is 5.56 Å². The number of nitrogens with zero attached hydrogens (tertiary/aromatic N) is 1. The minimum Gasteiger partial charge on any atom is -0.496 e. The number of ether oxygens (including phenoxy) is 2. The number of benzene rings is 1. The quantitative estimate of drug-likeness (QED) is 0.647. The molecular weight excluding hydrogens is 398 g/mol. The molecule has 0 aliphatic carbocycles. The first-order chi connectivity index (χ1) is 14.7. The van der Waals surface area contributed by atoms with Gasteiger partial charge in [-0.25, -0.2) is 4.79 Å². The second kappa shape index (κ2) is 11.4. The summed E-state index contributed by atoms with van der Waals surface area (Å²) in [5.74, 6) is 0.522. The molecule has 0 unspecified atom stereocenters. The van der Waals surface area contributed by atoms with Gasteiger partial charge in [-0.2, -0.15) is 0 Å². The van der Waals surface area contributed by atoms with Crippen LogP contribution < -0.4 is 15.4 Å². The van der Waals surface area contributed by atoms with Crippen LogP contribution in [0, 0.1) is 0 Å². The van der Waals surface area contributed by atoms with Crippen molar-refractivity contribution in [3.05, 3.63) is 35.9 Å². The molecular formula is C23H33N3O5. The number of nitrogens with one attached hydrogen (secondary N) is 2. The molecule has 8 heteroatoms. The van der Waals surface area contributed by atoms with Gasteiger partial charge in [0.1, 0.15) is 11.4 Å². The molecule has 8 nitrogen and oxygen atoms in total. The molecule has 1 aliphatic rings. The van der Waals surface area contributed by atoms with E-state index >= 15 is 0 Å². The van der Waals surface area contributed by atoms with E-state index in [1.165, 1.54) is 6.08 Å². The molecule has 0 spiro atoms. The number of para-hydroxylation sites is 1. The summed E-state index contributed by atoms with van der Waals surface area (Å²) in [6.07, 6.45) is 4.31. The molecule has 2 N–H and O–H groups in total. The van der Waals surface area contributed by atoms with Crippen LogP contribution in [-0.2, 0) is 14.3 Å². The summed E-state index contributed by atoms with van der Waals surface area (Å²) in [5.41, 5.74) is 0.267. The molecule has 0 bridgehead atoms. The van der Waals surface area contributed by atoms with Crippen molar-refractivity contribution >= 4 is 24.0 Å². The number of carbonyl (C=O) groups is 3. The summed E-state index contributed by atoms with van der Waals surface area (Å²) in [7, 11) is 1.59. The number of carbonyl (C=O) groups excluding carboxylic acids is 3. The van der Waals surface area contributed by atoms with Gasteiger partial charge in [-0.15, -0.1) is 0 Å². The predicted molar refractivity (Wildman–Crippen MR) is 119 cm³/mol. The fraction of sp³-hybridized carbons (Fsp3) is 0.522. The molecule has 170 valence electrons. The maximum atomic E-state index is 12.3. The number of piperidine rings is 1. The predicted octanol–water partition coefficient (Wildman–Crippen LogP) is 2.73. The van der Waals surface area contributed by atoms with E-state index in [9.17, 15) is 14.4 Å². The Bertz CT molecular complexity index is 793. The molecule has 0 saturated carbocycles. The Morgan fingerprint density at radius 1 is 1.16 bits per heavy atom. The molecule has 3 amide bonds. The van der Waals surface area contributed by atoms with Crippen molar-refractivity contribution in [2.24, 2.45) is 0 Å². The molecule has 1 fully saturated rings. The number of methoxy groups -OCH3 is 1. The molecule has 31 heavy (non-hydrogen) atoms. The Morgan fingerprint density at radius 3 is 2.48 bits per heavy atom. The van der Waals surface area contributed by atoms with Gasteiger partial charge in [-0.05, 0) is 45.8 Å². The lowest BCUT2D eigenvalue weighted by molar-refractivity contribution is -0.132. The van der Waals surface area contributed by atoms with Crippen molar-refractivity contribution in [3.63, 3.8) is 0 Å². The number of alkyl carbamates (subject to hydrolysis) is 1. The monoisotopic (exact) mass is 431 g/mol. The maximum absolute atomic E-state index is 12.3. The first kappa shape index (κ1) is 24.2. The standard InChI is InChI=1S/C23H33N3O5/c1-23(2,3)31-22(29)24-14-11-21(28)26-15-12-18(13-16-26)25-20(27)10-9-17-7-5-6-8-19(17)30-4/h5-10,18H,11-16H2,1-4H3,(H,24,29)(H,25,27)/b10-9+. The van der Waals surface area contributed by atoms with Gasteiger partial charge in [0.2, 0.25) is 11.8 Å². The number of hydrogen-bond donors (Lipinski definition) is 2. The fourth-order valence-electron chi connectivity index (χ4n) is 3.24. The summed E-state index contributed by atoms with van der Waals surface area (Å²) < 4.78 is 10.4. The van der Waals surface area contributed by atoms with Gasteiger partial charge in [-0.3, -0.25) is 9.59 Å². The van der Waals surface area contributed by atoms with Crippen LogP contribution in [0.2, 0.25) is 0 Å². The first-order valence-corrected chi connectivity index (χ1v) is 10.5. The van der Waals surface area contributed by atoms with Crippen LogP contribution in [0.25, 0.3) is 6.08 Å². The average molecular weight is 432 g/mol. The third-order valence-corrected chi connectivity index (χ3v) is 4.75. The van der Waals surface area contributed by atoms with Gasteiger partial charge in [0, 0.05) is 43.7 Å². The summed E-state index contributed by atoms with van der Waals surface area (Å²) in [6.45, 7) is 6.75. The molecule has 1 heterocycles. The molecule has 1 aromatic rings. The summed E-state index contributed by atoms with van der Waals surface area (Å²) >= 11 is 0. The molecule has 2 rings (SSSR count). The topological polar surface area (TPSA) is 97.0 Å². The van der Waals surface area contributed by atoms with E-state index in [2.05, 4.69) is 10.6 Å². The highest BCUT2D eigenvalue weighted by molar-refractivity contribution is 5.92. The highest BCUT2D eigenvalue weighted by Gasteiger charge is 2.23. The van der Waals surface area contributed by atoms with E-state index in [1.807, 2.05) is 24.3 Å². The zero-order valence-corrected chi connectivity index (χ0v) is 18.8. The number of amides is 3. The van der Waals surface area contributed by atoms with E-state index in [-0.39, 0.29) is 30.8 Å². The van der Waals surface area contributed by atoms with E-state index < -0.39 is 11.7 Å². The first-order valence-electron chi connectivity index (χ1n) is 10.5. The Balaban J connectivity index is 1.69. The van der Waals surface area contributed by atoms with Gasteiger partial charge < -0.3 is 25.0 Å². The minimum absolute atomic E-state index is 0.0168. The second-order valence-corrected chi connectivity index (χ2v) is 8.42. The smallest absolute Gasteiger partial charge is 0.407 e. The minimum atomic E-state index is -0.567. The summed E-state index contributed by atoms with van der Waals surface area (Å²) in [6, 6.07) is 7.51. The van der Waals surface area contributed by atoms with Crippen LogP contribution in [0.1, 0.15) is 45.6 Å². The van der Waals surface area contributed by atoms with Crippen molar-refractivity contribution in [1.82, 2.24) is 15.5 Å². The van der Waals surface area contributed by atoms with Crippen LogP contribution >= 0.6 is 0 Å².